The summed E-state index contributed by atoms with van der Waals surface area (Å²) >= 11 is 0. The third kappa shape index (κ3) is 5.85. The predicted octanol–water partition coefficient (Wildman–Crippen LogP) is 5.28. The topological polar surface area (TPSA) is 106 Å². The summed E-state index contributed by atoms with van der Waals surface area (Å²) in [6.45, 7) is 7.04. The summed E-state index contributed by atoms with van der Waals surface area (Å²) in [5.41, 5.74) is 1.49. The van der Waals surface area contributed by atoms with E-state index in [9.17, 15) is 19.5 Å². The zero-order valence-electron chi connectivity index (χ0n) is 27.3. The van der Waals surface area contributed by atoms with Gasteiger partial charge in [0, 0.05) is 42.4 Å². The van der Waals surface area contributed by atoms with Crippen LogP contribution >= 0.6 is 0 Å². The molecule has 3 aromatic rings. The van der Waals surface area contributed by atoms with Gasteiger partial charge in [0.1, 0.15) is 5.75 Å². The summed E-state index contributed by atoms with van der Waals surface area (Å²) in [6, 6.07) is 23.2. The molecule has 0 aliphatic carbocycles. The van der Waals surface area contributed by atoms with Crippen LogP contribution in [0.15, 0.2) is 72.8 Å². The van der Waals surface area contributed by atoms with E-state index in [0.29, 0.717) is 37.2 Å². The third-order valence-corrected chi connectivity index (χ3v) is 14.3. The molecular formula is C36H44N2O7Si. The van der Waals surface area contributed by atoms with Crippen molar-refractivity contribution >= 4 is 48.6 Å². The molecule has 0 radical (unpaired) electrons. The highest BCUT2D eigenvalue weighted by Crippen LogP contribution is 2.60. The minimum Gasteiger partial charge on any atom is -0.497 e. The summed E-state index contributed by atoms with van der Waals surface area (Å²) in [5, 5.41) is 11.4. The number of methoxy groups -OCH3 is 2. The summed E-state index contributed by atoms with van der Waals surface area (Å²) in [5.74, 6) is 0.113. The molecule has 2 aliphatic rings. The number of hydrogen-bond acceptors (Lipinski definition) is 7. The van der Waals surface area contributed by atoms with Crippen LogP contribution in [0.4, 0.5) is 17.1 Å². The van der Waals surface area contributed by atoms with Gasteiger partial charge in [-0.15, -0.1) is 0 Å². The lowest BCUT2D eigenvalue weighted by Crippen LogP contribution is -2.52. The molecule has 0 bridgehead atoms. The second-order valence-corrected chi connectivity index (χ2v) is 17.4. The minimum atomic E-state index is -2.34. The number of para-hydroxylation sites is 1. The summed E-state index contributed by atoms with van der Waals surface area (Å²) in [7, 11) is 0.683. The number of amides is 2. The van der Waals surface area contributed by atoms with Crippen molar-refractivity contribution in [2.24, 2.45) is 5.92 Å². The molecule has 0 unspecified atom stereocenters. The zero-order chi connectivity index (χ0) is 33.1. The largest absolute Gasteiger partial charge is 0.497 e. The van der Waals surface area contributed by atoms with Crippen molar-refractivity contribution in [2.45, 2.75) is 62.9 Å². The number of fused-ring (bicyclic) bond motifs is 2. The molecular weight excluding hydrogens is 600 g/mol. The van der Waals surface area contributed by atoms with E-state index in [1.54, 1.807) is 16.9 Å². The fraction of sp³-hybridized carbons (Fsp3) is 0.417. The summed E-state index contributed by atoms with van der Waals surface area (Å²) in [6.07, 6.45) is 2.27. The maximum Gasteiger partial charge on any atom is 0.305 e. The minimum absolute atomic E-state index is 0.0101. The smallest absolute Gasteiger partial charge is 0.305 e. The second kappa shape index (κ2) is 13.8. The number of anilines is 3. The molecule has 244 valence electrons. The van der Waals surface area contributed by atoms with Crippen molar-refractivity contribution in [2.75, 3.05) is 37.2 Å². The van der Waals surface area contributed by atoms with Crippen LogP contribution in [0.5, 0.6) is 5.75 Å². The van der Waals surface area contributed by atoms with E-state index in [2.05, 4.69) is 32.2 Å². The lowest BCUT2D eigenvalue weighted by Gasteiger charge is -2.37. The van der Waals surface area contributed by atoms with Gasteiger partial charge in [0.25, 0.3) is 5.91 Å². The second-order valence-electron chi connectivity index (χ2n) is 12.7. The Balaban J connectivity index is 1.60. The molecule has 2 aliphatic heterocycles. The molecule has 2 heterocycles. The van der Waals surface area contributed by atoms with Gasteiger partial charge < -0.3 is 24.2 Å². The monoisotopic (exact) mass is 644 g/mol. The molecule has 4 atom stereocenters. The number of carbonyl (C=O) groups excluding carboxylic acids is 3. The molecule has 0 saturated carbocycles. The number of unbranched alkanes of at least 4 members (excludes halogenated alkanes) is 1. The Morgan fingerprint density at radius 2 is 1.76 bits per heavy atom. The van der Waals surface area contributed by atoms with Crippen molar-refractivity contribution in [3.05, 3.63) is 78.4 Å². The first-order valence-electron chi connectivity index (χ1n) is 15.9. The maximum atomic E-state index is 14.8. The Bertz CT molecular complexity index is 1550. The van der Waals surface area contributed by atoms with Crippen molar-refractivity contribution in [1.82, 2.24) is 0 Å². The standard InChI is InChI=1S/C36H44N2O7Si/c1-25-34(46(4,5)29-17-15-28(43-2)16-18-29)32(20-22-39)45-36(25)30-23-27(38(24-40)26-11-7-6-8-12-26)14-19-31(30)37(35(36)42)21-10-9-13-33(41)44-3/h6-8,11-12,14-19,23-25,32,34,39H,9-10,13,20-22H2,1-5H3/t25-,32+,34-,36+/m0/s1. The van der Waals surface area contributed by atoms with E-state index in [4.69, 9.17) is 14.2 Å². The van der Waals surface area contributed by atoms with Crippen molar-refractivity contribution in [1.29, 1.82) is 0 Å². The van der Waals surface area contributed by atoms with Gasteiger partial charge in [-0.1, -0.05) is 55.5 Å². The molecule has 5 rings (SSSR count). The predicted molar refractivity (Wildman–Crippen MR) is 181 cm³/mol. The van der Waals surface area contributed by atoms with Crippen LogP contribution in [0.3, 0.4) is 0 Å². The van der Waals surface area contributed by atoms with Crippen molar-refractivity contribution in [3.63, 3.8) is 0 Å². The maximum absolute atomic E-state index is 14.8. The normalized spacial score (nSPS) is 22.2. The van der Waals surface area contributed by atoms with Gasteiger partial charge in [-0.3, -0.25) is 19.3 Å². The van der Waals surface area contributed by atoms with E-state index in [0.717, 1.165) is 23.4 Å². The fourth-order valence-corrected chi connectivity index (χ4v) is 11.6. The van der Waals surface area contributed by atoms with Crippen LogP contribution in [0, 0.1) is 5.92 Å². The lowest BCUT2D eigenvalue weighted by atomic mass is 9.82. The molecule has 1 N–H and O–H groups in total. The van der Waals surface area contributed by atoms with Gasteiger partial charge in [0.05, 0.1) is 34.1 Å². The Morgan fingerprint density at radius 1 is 1.04 bits per heavy atom. The first-order valence-corrected chi connectivity index (χ1v) is 19.0. The van der Waals surface area contributed by atoms with E-state index >= 15 is 0 Å². The van der Waals surface area contributed by atoms with Crippen molar-refractivity contribution in [3.8, 4) is 5.75 Å². The van der Waals surface area contributed by atoms with E-state index in [1.165, 1.54) is 12.3 Å². The number of aliphatic hydroxyl groups excluding tert-OH is 1. The van der Waals surface area contributed by atoms with Gasteiger partial charge in [-0.05, 0) is 67.3 Å². The molecule has 3 aromatic carbocycles. The van der Waals surface area contributed by atoms with E-state index < -0.39 is 13.7 Å². The summed E-state index contributed by atoms with van der Waals surface area (Å²) in [4.78, 5) is 42.4. The molecule has 10 heteroatoms. The molecule has 1 fully saturated rings. The number of rotatable bonds is 13. The lowest BCUT2D eigenvalue weighted by molar-refractivity contribution is -0.146. The number of aliphatic hydroxyl groups is 1. The highest BCUT2D eigenvalue weighted by Gasteiger charge is 2.66. The van der Waals surface area contributed by atoms with Gasteiger partial charge in [0.2, 0.25) is 6.41 Å². The number of benzene rings is 3. The van der Waals surface area contributed by atoms with Crippen LogP contribution in [0.1, 0.15) is 38.2 Å². The van der Waals surface area contributed by atoms with Crippen LogP contribution in [0.25, 0.3) is 0 Å². The number of hydrogen-bond donors (Lipinski definition) is 1. The van der Waals surface area contributed by atoms with Crippen LogP contribution < -0.4 is 19.7 Å². The highest BCUT2D eigenvalue weighted by atomic mass is 28.3. The molecule has 1 spiro atoms. The van der Waals surface area contributed by atoms with E-state index in [1.807, 2.05) is 60.7 Å². The average Bonchev–Trinajstić information content (AvgIpc) is 3.50. The third-order valence-electron chi connectivity index (χ3n) is 9.89. The van der Waals surface area contributed by atoms with E-state index in [-0.39, 0.29) is 42.5 Å². The van der Waals surface area contributed by atoms with Crippen molar-refractivity contribution < 1.29 is 33.7 Å². The Morgan fingerprint density at radius 3 is 2.39 bits per heavy atom. The highest BCUT2D eigenvalue weighted by molar-refractivity contribution is 6.91. The number of esters is 1. The van der Waals surface area contributed by atoms with Gasteiger partial charge in [0.15, 0.2) is 5.60 Å². The van der Waals surface area contributed by atoms with Gasteiger partial charge in [-0.25, -0.2) is 0 Å². The zero-order valence-corrected chi connectivity index (χ0v) is 28.3. The number of carbonyl (C=O) groups is 3. The first kappa shape index (κ1) is 33.4. The molecule has 46 heavy (non-hydrogen) atoms. The van der Waals surface area contributed by atoms with Gasteiger partial charge in [-0.2, -0.15) is 0 Å². The molecule has 2 amide bonds. The Labute approximate surface area is 272 Å². The average molecular weight is 645 g/mol. The Kier molecular flexibility index (Phi) is 10.00. The fourth-order valence-electron chi connectivity index (χ4n) is 7.57. The quantitative estimate of drug-likeness (QED) is 0.117. The van der Waals surface area contributed by atoms with Crippen LogP contribution in [-0.2, 0) is 29.5 Å². The van der Waals surface area contributed by atoms with Crippen LogP contribution in [-0.4, -0.2) is 64.9 Å². The SMILES string of the molecule is COC(=O)CCCCN1C(=O)[C@]2(O[C@H](CCO)[C@@H]([Si](C)(C)c3ccc(OC)cc3)[C@@H]2C)c2cc(N(C=O)c3ccccc3)ccc21. The summed E-state index contributed by atoms with van der Waals surface area (Å²) < 4.78 is 17.2. The molecule has 9 nitrogen and oxygen atoms in total. The Hall–Kier alpha value is -3.99. The van der Waals surface area contributed by atoms with Gasteiger partial charge >= 0.3 is 5.97 Å². The number of ether oxygens (including phenoxy) is 3. The first-order chi connectivity index (χ1) is 22.1. The number of nitrogens with zero attached hydrogens (tertiary/aromatic N) is 2. The molecule has 1 saturated heterocycles. The van der Waals surface area contributed by atoms with Crippen LogP contribution in [0.2, 0.25) is 18.6 Å². The molecule has 0 aromatic heterocycles.